The van der Waals surface area contributed by atoms with Gasteiger partial charge in [0, 0.05) is 6.20 Å². The van der Waals surface area contributed by atoms with Crippen LogP contribution in [0.25, 0.3) is 11.0 Å². The van der Waals surface area contributed by atoms with E-state index in [1.807, 2.05) is 0 Å². The number of rotatable bonds is 3. The van der Waals surface area contributed by atoms with Crippen molar-refractivity contribution in [3.63, 3.8) is 0 Å². The highest BCUT2D eigenvalue weighted by Crippen LogP contribution is 2.34. The zero-order valence-corrected chi connectivity index (χ0v) is 11.3. The molecular formula is C12H15N5O5. The minimum absolute atomic E-state index is 0.0595. The van der Waals surface area contributed by atoms with Gasteiger partial charge >= 0.3 is 0 Å². The van der Waals surface area contributed by atoms with Gasteiger partial charge in [-0.2, -0.15) is 0 Å². The molecule has 2 aromatic heterocycles. The molecule has 0 spiro atoms. The molecule has 2 aromatic rings. The summed E-state index contributed by atoms with van der Waals surface area (Å²) in [5.41, 5.74) is 11.4. The number of fused-ring (bicyclic) bond motifs is 1. The molecular weight excluding hydrogens is 294 g/mol. The maximum Gasteiger partial charge on any atom is 0.251 e. The van der Waals surface area contributed by atoms with Crippen LogP contribution in [-0.2, 0) is 4.74 Å². The molecule has 1 amide bonds. The Morgan fingerprint density at radius 1 is 1.36 bits per heavy atom. The van der Waals surface area contributed by atoms with E-state index in [9.17, 15) is 15.0 Å². The van der Waals surface area contributed by atoms with Crippen LogP contribution in [0.1, 0.15) is 16.6 Å². The van der Waals surface area contributed by atoms with Crippen molar-refractivity contribution in [1.82, 2.24) is 14.5 Å². The molecule has 0 aliphatic carbocycles. The first-order valence-electron chi connectivity index (χ1n) is 6.49. The van der Waals surface area contributed by atoms with Crippen molar-refractivity contribution >= 4 is 22.8 Å². The van der Waals surface area contributed by atoms with Crippen molar-refractivity contribution in [2.45, 2.75) is 24.5 Å². The summed E-state index contributed by atoms with van der Waals surface area (Å²) in [6, 6.07) is 0. The monoisotopic (exact) mass is 309 g/mol. The quantitative estimate of drug-likeness (QED) is 0.422. The number of nitrogen functional groups attached to an aromatic ring is 1. The molecule has 0 saturated carbocycles. The van der Waals surface area contributed by atoms with Crippen LogP contribution in [-0.4, -0.2) is 60.7 Å². The molecule has 1 aliphatic rings. The van der Waals surface area contributed by atoms with Gasteiger partial charge in [-0.15, -0.1) is 0 Å². The van der Waals surface area contributed by atoms with Gasteiger partial charge in [0.25, 0.3) is 5.91 Å². The maximum atomic E-state index is 11.6. The molecule has 1 saturated heterocycles. The van der Waals surface area contributed by atoms with Crippen LogP contribution in [0, 0.1) is 0 Å². The number of hydrogen-bond acceptors (Lipinski definition) is 8. The molecule has 0 radical (unpaired) electrons. The first kappa shape index (κ1) is 14.7. The van der Waals surface area contributed by atoms with Gasteiger partial charge in [0.1, 0.15) is 36.1 Å². The Morgan fingerprint density at radius 3 is 2.68 bits per heavy atom. The minimum Gasteiger partial charge on any atom is -0.394 e. The van der Waals surface area contributed by atoms with Crippen LogP contribution in [0.3, 0.4) is 0 Å². The SMILES string of the molecule is NC(=O)c1cn([C@@H]2O[C@@H](CO)[C@H](O)[C@H]2O)c2ncnc(N)c12. The van der Waals surface area contributed by atoms with E-state index in [1.165, 1.54) is 17.1 Å². The van der Waals surface area contributed by atoms with E-state index in [-0.39, 0.29) is 22.4 Å². The summed E-state index contributed by atoms with van der Waals surface area (Å²) in [6.45, 7) is -0.465. The third-order valence-corrected chi connectivity index (χ3v) is 3.70. The van der Waals surface area contributed by atoms with Crippen molar-refractivity contribution < 1.29 is 24.9 Å². The molecule has 3 heterocycles. The first-order chi connectivity index (χ1) is 10.5. The van der Waals surface area contributed by atoms with Gasteiger partial charge in [0.05, 0.1) is 17.6 Å². The molecule has 0 bridgehead atoms. The predicted octanol–water partition coefficient (Wildman–Crippen LogP) is -2.28. The Balaban J connectivity index is 2.16. The fourth-order valence-corrected chi connectivity index (χ4v) is 2.60. The fraction of sp³-hybridized carbons (Fsp3) is 0.417. The van der Waals surface area contributed by atoms with Crippen LogP contribution in [0.15, 0.2) is 12.5 Å². The third-order valence-electron chi connectivity index (χ3n) is 3.70. The van der Waals surface area contributed by atoms with Crippen molar-refractivity contribution in [2.75, 3.05) is 12.3 Å². The first-order valence-corrected chi connectivity index (χ1v) is 6.49. The summed E-state index contributed by atoms with van der Waals surface area (Å²) >= 11 is 0. The van der Waals surface area contributed by atoms with Gasteiger partial charge in [-0.05, 0) is 0 Å². The maximum absolute atomic E-state index is 11.6. The number of aliphatic hydroxyl groups is 3. The number of nitrogens with two attached hydrogens (primary N) is 2. The summed E-state index contributed by atoms with van der Waals surface area (Å²) in [5.74, 6) is -0.679. The molecule has 4 atom stereocenters. The molecule has 10 nitrogen and oxygen atoms in total. The van der Waals surface area contributed by atoms with E-state index >= 15 is 0 Å². The zero-order valence-electron chi connectivity index (χ0n) is 11.3. The number of aliphatic hydroxyl groups excluding tert-OH is 3. The number of aromatic nitrogens is 3. The highest BCUT2D eigenvalue weighted by Gasteiger charge is 2.44. The fourth-order valence-electron chi connectivity index (χ4n) is 2.60. The molecule has 7 N–H and O–H groups in total. The second-order valence-electron chi connectivity index (χ2n) is 5.00. The second-order valence-corrected chi connectivity index (χ2v) is 5.00. The van der Waals surface area contributed by atoms with Crippen LogP contribution in [0.5, 0.6) is 0 Å². The topological polar surface area (TPSA) is 170 Å². The van der Waals surface area contributed by atoms with E-state index in [4.69, 9.17) is 21.3 Å². The normalized spacial score (nSPS) is 28.3. The average molecular weight is 309 g/mol. The molecule has 22 heavy (non-hydrogen) atoms. The van der Waals surface area contributed by atoms with Gasteiger partial charge in [-0.3, -0.25) is 4.79 Å². The highest BCUT2D eigenvalue weighted by atomic mass is 16.6. The van der Waals surface area contributed by atoms with Crippen LogP contribution in [0.4, 0.5) is 5.82 Å². The largest absolute Gasteiger partial charge is 0.394 e. The zero-order chi connectivity index (χ0) is 16.0. The Morgan fingerprint density at radius 2 is 2.09 bits per heavy atom. The predicted molar refractivity (Wildman–Crippen MR) is 73.5 cm³/mol. The molecule has 10 heteroatoms. The Labute approximate surface area is 123 Å². The standard InChI is InChI=1S/C12H15N5O5/c13-9-6-4(10(14)21)1-17(11(6)16-3-15-9)12-8(20)7(19)5(2-18)22-12/h1,3,5,7-8,12,18-20H,2H2,(H2,14,21)(H2,13,15,16)/t5-,7-,8+,12+/m0/s1. The summed E-state index contributed by atoms with van der Waals surface area (Å²) in [5, 5.41) is 29.3. The number of amides is 1. The Kier molecular flexibility index (Phi) is 3.45. The van der Waals surface area contributed by atoms with E-state index < -0.39 is 37.1 Å². The number of ether oxygens (including phenoxy) is 1. The molecule has 118 valence electrons. The smallest absolute Gasteiger partial charge is 0.251 e. The van der Waals surface area contributed by atoms with Crippen molar-refractivity contribution in [2.24, 2.45) is 5.73 Å². The van der Waals surface area contributed by atoms with Gasteiger partial charge in [-0.25, -0.2) is 9.97 Å². The van der Waals surface area contributed by atoms with Crippen LogP contribution >= 0.6 is 0 Å². The highest BCUT2D eigenvalue weighted by molar-refractivity contribution is 6.08. The van der Waals surface area contributed by atoms with Crippen LogP contribution < -0.4 is 11.5 Å². The van der Waals surface area contributed by atoms with Crippen LogP contribution in [0.2, 0.25) is 0 Å². The number of carbonyl (C=O) groups is 1. The average Bonchev–Trinajstić information content (AvgIpc) is 3.00. The van der Waals surface area contributed by atoms with Gasteiger partial charge in [0.15, 0.2) is 6.23 Å². The summed E-state index contributed by atoms with van der Waals surface area (Å²) in [7, 11) is 0. The summed E-state index contributed by atoms with van der Waals surface area (Å²) in [6.07, 6.45) is -2.06. The van der Waals surface area contributed by atoms with E-state index in [2.05, 4.69) is 9.97 Å². The van der Waals surface area contributed by atoms with Gasteiger partial charge < -0.3 is 36.1 Å². The lowest BCUT2D eigenvalue weighted by Crippen LogP contribution is -2.33. The van der Waals surface area contributed by atoms with E-state index in [0.717, 1.165) is 0 Å². The number of nitrogens with zero attached hydrogens (tertiary/aromatic N) is 3. The van der Waals surface area contributed by atoms with Crippen molar-refractivity contribution in [1.29, 1.82) is 0 Å². The number of anilines is 1. The Bertz CT molecular complexity index is 732. The number of primary amides is 1. The Hall–Kier alpha value is -2.27. The van der Waals surface area contributed by atoms with E-state index in [1.54, 1.807) is 0 Å². The lowest BCUT2D eigenvalue weighted by atomic mass is 10.1. The lowest BCUT2D eigenvalue weighted by molar-refractivity contribution is -0.0508. The number of hydrogen-bond donors (Lipinski definition) is 5. The summed E-state index contributed by atoms with van der Waals surface area (Å²) < 4.78 is 6.77. The van der Waals surface area contributed by atoms with Crippen molar-refractivity contribution in [3.05, 3.63) is 18.1 Å². The molecule has 0 unspecified atom stereocenters. The minimum atomic E-state index is -1.32. The summed E-state index contributed by atoms with van der Waals surface area (Å²) in [4.78, 5) is 19.4. The van der Waals surface area contributed by atoms with Gasteiger partial charge in [-0.1, -0.05) is 0 Å². The second kappa shape index (κ2) is 5.18. The molecule has 1 fully saturated rings. The number of carbonyl (C=O) groups excluding carboxylic acids is 1. The van der Waals surface area contributed by atoms with Gasteiger partial charge in [0.2, 0.25) is 0 Å². The third kappa shape index (κ3) is 2.01. The van der Waals surface area contributed by atoms with E-state index in [0.29, 0.717) is 0 Å². The molecule has 1 aliphatic heterocycles. The lowest BCUT2D eigenvalue weighted by Gasteiger charge is -2.17. The molecule has 0 aromatic carbocycles. The molecule has 3 rings (SSSR count). The van der Waals surface area contributed by atoms with Crippen molar-refractivity contribution in [3.8, 4) is 0 Å².